The highest BCUT2D eigenvalue weighted by Gasteiger charge is 2.12. The van der Waals surface area contributed by atoms with Crippen LogP contribution in [0.25, 0.3) is 0 Å². The van der Waals surface area contributed by atoms with E-state index in [0.717, 1.165) is 25.2 Å². The Balaban J connectivity index is 1.63. The van der Waals surface area contributed by atoms with Crippen LogP contribution in [0, 0.1) is 6.92 Å². The van der Waals surface area contributed by atoms with Crippen LogP contribution in [0.2, 0.25) is 0 Å². The second-order valence-corrected chi connectivity index (χ2v) is 7.01. The number of aryl methyl sites for hydroxylation is 1. The van der Waals surface area contributed by atoms with Crippen molar-refractivity contribution in [2.45, 2.75) is 32.6 Å². The molecule has 28 heavy (non-hydrogen) atoms. The van der Waals surface area contributed by atoms with Gasteiger partial charge in [0, 0.05) is 50.8 Å². The summed E-state index contributed by atoms with van der Waals surface area (Å²) in [4.78, 5) is 23.4. The van der Waals surface area contributed by atoms with Crippen LogP contribution in [0.4, 0.5) is 17.2 Å². The minimum absolute atomic E-state index is 0.204. The van der Waals surface area contributed by atoms with E-state index in [0.29, 0.717) is 30.5 Å². The molecule has 150 valence electrons. The summed E-state index contributed by atoms with van der Waals surface area (Å²) in [5.41, 5.74) is 2.54. The van der Waals surface area contributed by atoms with Gasteiger partial charge < -0.3 is 20.3 Å². The van der Waals surface area contributed by atoms with Gasteiger partial charge in [0.2, 0.25) is 0 Å². The van der Waals surface area contributed by atoms with Crippen LogP contribution < -0.4 is 15.5 Å². The molecule has 2 N–H and O–H groups in total. The lowest BCUT2D eigenvalue weighted by Gasteiger charge is -2.28. The number of aromatic nitrogens is 2. The highest BCUT2D eigenvalue weighted by atomic mass is 16.5. The summed E-state index contributed by atoms with van der Waals surface area (Å²) in [5.74, 6) is 0.961. The molecule has 2 heterocycles. The van der Waals surface area contributed by atoms with Crippen LogP contribution in [-0.2, 0) is 4.74 Å². The summed E-state index contributed by atoms with van der Waals surface area (Å²) in [6.07, 6.45) is 4.61. The highest BCUT2D eigenvalue weighted by Crippen LogP contribution is 2.23. The molecule has 7 heteroatoms. The van der Waals surface area contributed by atoms with Crippen molar-refractivity contribution in [1.82, 2.24) is 15.3 Å². The molecule has 0 saturated carbocycles. The average Bonchev–Trinajstić information content (AvgIpc) is 2.72. The lowest BCUT2D eigenvalue weighted by Crippen LogP contribution is -2.29. The molecule has 0 atom stereocenters. The van der Waals surface area contributed by atoms with Crippen LogP contribution in [0.15, 0.2) is 30.3 Å². The summed E-state index contributed by atoms with van der Waals surface area (Å²) < 4.78 is 4.99. The predicted molar refractivity (Wildman–Crippen MR) is 111 cm³/mol. The van der Waals surface area contributed by atoms with E-state index in [1.165, 1.54) is 24.9 Å². The van der Waals surface area contributed by atoms with Gasteiger partial charge in [0.15, 0.2) is 0 Å². The van der Waals surface area contributed by atoms with Gasteiger partial charge in [0.05, 0.1) is 0 Å². The normalized spacial score (nSPS) is 14.0. The molecule has 0 bridgehead atoms. The molecular formula is C21H29N5O2. The molecule has 1 aromatic carbocycles. The topological polar surface area (TPSA) is 79.4 Å². The number of methoxy groups -OCH3 is 1. The zero-order valence-electron chi connectivity index (χ0n) is 16.7. The van der Waals surface area contributed by atoms with Gasteiger partial charge in [-0.3, -0.25) is 4.79 Å². The van der Waals surface area contributed by atoms with Gasteiger partial charge >= 0.3 is 0 Å². The minimum atomic E-state index is -0.204. The van der Waals surface area contributed by atoms with Crippen molar-refractivity contribution in [2.24, 2.45) is 0 Å². The van der Waals surface area contributed by atoms with Crippen LogP contribution in [-0.4, -0.2) is 49.2 Å². The number of hydrogen-bond acceptors (Lipinski definition) is 6. The van der Waals surface area contributed by atoms with Crippen LogP contribution in [0.1, 0.15) is 42.0 Å². The van der Waals surface area contributed by atoms with E-state index in [-0.39, 0.29) is 5.91 Å². The van der Waals surface area contributed by atoms with E-state index in [1.807, 2.05) is 12.1 Å². The Kier molecular flexibility index (Phi) is 7.19. The molecule has 1 amide bonds. The maximum Gasteiger partial charge on any atom is 0.270 e. The average molecular weight is 383 g/mol. The Labute approximate surface area is 166 Å². The van der Waals surface area contributed by atoms with Crippen LogP contribution in [0.5, 0.6) is 0 Å². The molecule has 0 spiro atoms. The molecule has 1 aliphatic rings. The molecule has 7 nitrogen and oxygen atoms in total. The van der Waals surface area contributed by atoms with Gasteiger partial charge in [0.1, 0.15) is 17.3 Å². The summed E-state index contributed by atoms with van der Waals surface area (Å²) >= 11 is 0. The monoisotopic (exact) mass is 383 g/mol. The Bertz CT molecular complexity index is 773. The predicted octanol–water partition coefficient (Wildman–Crippen LogP) is 3.29. The van der Waals surface area contributed by atoms with Crippen LogP contribution in [0.3, 0.4) is 0 Å². The number of nitrogens with zero attached hydrogens (tertiary/aromatic N) is 3. The molecule has 1 saturated heterocycles. The fourth-order valence-corrected chi connectivity index (χ4v) is 3.31. The van der Waals surface area contributed by atoms with E-state index in [4.69, 9.17) is 4.74 Å². The molecule has 1 fully saturated rings. The second kappa shape index (κ2) is 10.0. The first kappa shape index (κ1) is 20.1. The summed E-state index contributed by atoms with van der Waals surface area (Å²) in [7, 11) is 1.65. The number of piperidine rings is 1. The van der Waals surface area contributed by atoms with Gasteiger partial charge in [-0.1, -0.05) is 0 Å². The van der Waals surface area contributed by atoms with Gasteiger partial charge in [-0.15, -0.1) is 0 Å². The van der Waals surface area contributed by atoms with Crippen molar-refractivity contribution in [3.8, 4) is 0 Å². The van der Waals surface area contributed by atoms with E-state index in [1.54, 1.807) is 20.1 Å². The first-order chi connectivity index (χ1) is 13.7. The zero-order valence-corrected chi connectivity index (χ0v) is 16.7. The second-order valence-electron chi connectivity index (χ2n) is 7.01. The number of hydrogen-bond donors (Lipinski definition) is 2. The minimum Gasteiger partial charge on any atom is -0.385 e. The number of amides is 1. The molecule has 2 aromatic rings. The Morgan fingerprint density at radius 2 is 1.89 bits per heavy atom. The summed E-state index contributed by atoms with van der Waals surface area (Å²) in [6, 6.07) is 10.0. The first-order valence-electron chi connectivity index (χ1n) is 9.90. The summed E-state index contributed by atoms with van der Waals surface area (Å²) in [5, 5.41) is 6.13. The maximum absolute atomic E-state index is 12.3. The van der Waals surface area contributed by atoms with Crippen molar-refractivity contribution < 1.29 is 9.53 Å². The standard InChI is InChI=1S/C21H29N5O2/c1-16-23-19(21(27)22-11-6-14-28-2)15-20(24-16)25-17-7-9-18(10-8-17)26-12-4-3-5-13-26/h7-10,15H,3-6,11-14H2,1-2H3,(H,22,27)(H,23,24,25). The number of carbonyl (C=O) groups excluding carboxylic acids is 1. The largest absolute Gasteiger partial charge is 0.385 e. The van der Waals surface area contributed by atoms with Crippen molar-refractivity contribution in [3.63, 3.8) is 0 Å². The molecular weight excluding hydrogens is 354 g/mol. The first-order valence-corrected chi connectivity index (χ1v) is 9.90. The third-order valence-corrected chi connectivity index (χ3v) is 4.74. The van der Waals surface area contributed by atoms with E-state index < -0.39 is 0 Å². The number of ether oxygens (including phenoxy) is 1. The van der Waals surface area contributed by atoms with E-state index >= 15 is 0 Å². The van der Waals surface area contributed by atoms with E-state index in [2.05, 4.69) is 37.6 Å². The molecule has 3 rings (SSSR count). The number of anilines is 3. The van der Waals surface area contributed by atoms with Crippen molar-refractivity contribution in [2.75, 3.05) is 43.6 Å². The van der Waals surface area contributed by atoms with E-state index in [9.17, 15) is 4.79 Å². The number of nitrogens with one attached hydrogen (secondary N) is 2. The van der Waals surface area contributed by atoms with Crippen LogP contribution >= 0.6 is 0 Å². The lowest BCUT2D eigenvalue weighted by molar-refractivity contribution is 0.0943. The lowest BCUT2D eigenvalue weighted by atomic mass is 10.1. The summed E-state index contributed by atoms with van der Waals surface area (Å²) in [6.45, 7) is 5.20. The van der Waals surface area contributed by atoms with Gasteiger partial charge in [-0.25, -0.2) is 9.97 Å². The maximum atomic E-state index is 12.3. The molecule has 0 unspecified atom stereocenters. The van der Waals surface area contributed by atoms with Gasteiger partial charge in [0.25, 0.3) is 5.91 Å². The molecule has 0 radical (unpaired) electrons. The SMILES string of the molecule is COCCCNC(=O)c1cc(Nc2ccc(N3CCCCC3)cc2)nc(C)n1. The smallest absolute Gasteiger partial charge is 0.270 e. The fraction of sp³-hybridized carbons (Fsp3) is 0.476. The Morgan fingerprint density at radius 1 is 1.14 bits per heavy atom. The van der Waals surface area contributed by atoms with Gasteiger partial charge in [-0.05, 0) is 56.9 Å². The van der Waals surface area contributed by atoms with Crippen molar-refractivity contribution >= 4 is 23.1 Å². The molecule has 0 aliphatic carbocycles. The number of rotatable bonds is 8. The van der Waals surface area contributed by atoms with Gasteiger partial charge in [-0.2, -0.15) is 0 Å². The quantitative estimate of drug-likeness (QED) is 0.681. The Hall–Kier alpha value is -2.67. The number of carbonyl (C=O) groups is 1. The van der Waals surface area contributed by atoms with Crippen molar-refractivity contribution in [3.05, 3.63) is 41.9 Å². The molecule has 1 aliphatic heterocycles. The van der Waals surface area contributed by atoms with Crippen molar-refractivity contribution in [1.29, 1.82) is 0 Å². The highest BCUT2D eigenvalue weighted by molar-refractivity contribution is 5.93. The third-order valence-electron chi connectivity index (χ3n) is 4.74. The molecule has 1 aromatic heterocycles. The Morgan fingerprint density at radius 3 is 2.61 bits per heavy atom. The third kappa shape index (κ3) is 5.66. The number of benzene rings is 1. The fourth-order valence-electron chi connectivity index (χ4n) is 3.31. The zero-order chi connectivity index (χ0) is 19.8.